The molecule has 1 aliphatic rings. The van der Waals surface area contributed by atoms with Crippen LogP contribution in [0.4, 0.5) is 5.13 Å². The summed E-state index contributed by atoms with van der Waals surface area (Å²) in [6.07, 6.45) is 6.97. The Kier molecular flexibility index (Phi) is 5.34. The quantitative estimate of drug-likeness (QED) is 0.843. The number of aromatic nitrogens is 4. The summed E-state index contributed by atoms with van der Waals surface area (Å²) in [5.74, 6) is -0.0756. The van der Waals surface area contributed by atoms with E-state index in [2.05, 4.69) is 31.6 Å². The molecule has 2 aromatic heterocycles. The zero-order chi connectivity index (χ0) is 16.9. The lowest BCUT2D eigenvalue weighted by Gasteiger charge is -2.25. The molecule has 0 aromatic carbocycles. The molecule has 0 aliphatic carbocycles. The number of ether oxygens (including phenoxy) is 1. The van der Waals surface area contributed by atoms with Crippen LogP contribution >= 0.6 is 11.3 Å². The maximum Gasteiger partial charge on any atom is 0.240 e. The second-order valence-corrected chi connectivity index (χ2v) is 6.66. The molecule has 0 bridgehead atoms. The fourth-order valence-corrected chi connectivity index (χ4v) is 3.28. The molecule has 0 atom stereocenters. The third-order valence-corrected chi connectivity index (χ3v) is 4.53. The van der Waals surface area contributed by atoms with Crippen molar-refractivity contribution in [2.75, 3.05) is 32.1 Å². The van der Waals surface area contributed by atoms with Crippen molar-refractivity contribution in [2.45, 2.75) is 13.0 Å². The van der Waals surface area contributed by atoms with Crippen LogP contribution in [0.3, 0.4) is 0 Å². The van der Waals surface area contributed by atoms with Gasteiger partial charge in [-0.2, -0.15) is 5.10 Å². The van der Waals surface area contributed by atoms with E-state index in [-0.39, 0.29) is 5.91 Å². The largest absolute Gasteiger partial charge is 0.377 e. The average molecular weight is 348 g/mol. The second kappa shape index (κ2) is 7.65. The first-order chi connectivity index (χ1) is 11.6. The van der Waals surface area contributed by atoms with Crippen molar-refractivity contribution in [2.24, 2.45) is 7.05 Å². The SMILES string of the molecule is COCc1nnc(NC(=O)CN2CC=C(c3cnn(C)c3)CC2)s1. The Bertz CT molecular complexity index is 738. The number of anilines is 1. The summed E-state index contributed by atoms with van der Waals surface area (Å²) < 4.78 is 6.79. The minimum absolute atomic E-state index is 0.0756. The predicted molar refractivity (Wildman–Crippen MR) is 91.5 cm³/mol. The molecule has 8 nitrogen and oxygen atoms in total. The van der Waals surface area contributed by atoms with E-state index < -0.39 is 0 Å². The van der Waals surface area contributed by atoms with Gasteiger partial charge in [0.2, 0.25) is 11.0 Å². The van der Waals surface area contributed by atoms with E-state index in [9.17, 15) is 4.79 Å². The van der Waals surface area contributed by atoms with Crippen LogP contribution in [0.25, 0.3) is 5.57 Å². The summed E-state index contributed by atoms with van der Waals surface area (Å²) in [5, 5.41) is 16.1. The number of hydrogen-bond donors (Lipinski definition) is 1. The number of methoxy groups -OCH3 is 1. The first kappa shape index (κ1) is 16.7. The van der Waals surface area contributed by atoms with Crippen molar-refractivity contribution in [3.8, 4) is 0 Å². The fourth-order valence-electron chi connectivity index (χ4n) is 2.55. The van der Waals surface area contributed by atoms with Crippen LogP contribution < -0.4 is 5.32 Å². The van der Waals surface area contributed by atoms with E-state index in [1.54, 1.807) is 11.8 Å². The number of hydrogen-bond acceptors (Lipinski definition) is 7. The van der Waals surface area contributed by atoms with Crippen LogP contribution in [-0.4, -0.2) is 57.5 Å². The standard InChI is InChI=1S/C15H20N6O2S/c1-20-8-12(7-16-20)11-3-5-21(6-4-11)9-13(22)17-15-19-18-14(24-15)10-23-2/h3,7-8H,4-6,9-10H2,1-2H3,(H,17,19,22). The lowest BCUT2D eigenvalue weighted by Crippen LogP contribution is -2.36. The van der Waals surface area contributed by atoms with Crippen molar-refractivity contribution in [1.82, 2.24) is 24.9 Å². The Labute approximate surface area is 144 Å². The van der Waals surface area contributed by atoms with E-state index in [1.165, 1.54) is 16.9 Å². The first-order valence-electron chi connectivity index (χ1n) is 7.65. The number of carbonyl (C=O) groups is 1. The van der Waals surface area contributed by atoms with Gasteiger partial charge in [-0.1, -0.05) is 17.4 Å². The lowest BCUT2D eigenvalue weighted by molar-refractivity contribution is -0.117. The Morgan fingerprint density at radius 3 is 3.00 bits per heavy atom. The highest BCUT2D eigenvalue weighted by Gasteiger charge is 2.17. The minimum atomic E-state index is -0.0756. The third-order valence-electron chi connectivity index (χ3n) is 3.72. The average Bonchev–Trinajstić information content (AvgIpc) is 3.18. The number of amides is 1. The Morgan fingerprint density at radius 1 is 1.46 bits per heavy atom. The van der Waals surface area contributed by atoms with Gasteiger partial charge in [-0.15, -0.1) is 10.2 Å². The van der Waals surface area contributed by atoms with Gasteiger partial charge in [-0.3, -0.25) is 19.7 Å². The molecule has 0 saturated heterocycles. The van der Waals surface area contributed by atoms with E-state index in [0.717, 1.165) is 30.1 Å². The molecule has 1 amide bonds. The molecule has 128 valence electrons. The van der Waals surface area contributed by atoms with Crippen molar-refractivity contribution in [3.05, 3.63) is 29.0 Å². The van der Waals surface area contributed by atoms with Crippen molar-refractivity contribution < 1.29 is 9.53 Å². The molecule has 1 N–H and O–H groups in total. The van der Waals surface area contributed by atoms with Crippen LogP contribution in [0.15, 0.2) is 18.5 Å². The minimum Gasteiger partial charge on any atom is -0.377 e. The second-order valence-electron chi connectivity index (χ2n) is 5.60. The summed E-state index contributed by atoms with van der Waals surface area (Å²) in [7, 11) is 3.51. The summed E-state index contributed by atoms with van der Waals surface area (Å²) in [6.45, 7) is 2.35. The maximum absolute atomic E-state index is 12.1. The van der Waals surface area contributed by atoms with E-state index in [1.807, 2.05) is 19.4 Å². The number of rotatable bonds is 6. The van der Waals surface area contributed by atoms with Crippen LogP contribution in [0.2, 0.25) is 0 Å². The van der Waals surface area contributed by atoms with Crippen molar-refractivity contribution in [1.29, 1.82) is 0 Å². The van der Waals surface area contributed by atoms with Gasteiger partial charge in [-0.05, 0) is 12.0 Å². The Balaban J connectivity index is 1.50. The fraction of sp³-hybridized carbons (Fsp3) is 0.467. The number of aryl methyl sites for hydroxylation is 1. The summed E-state index contributed by atoms with van der Waals surface area (Å²) in [5.41, 5.74) is 2.44. The highest BCUT2D eigenvalue weighted by atomic mass is 32.1. The molecule has 0 spiro atoms. The number of nitrogens with one attached hydrogen (secondary N) is 1. The smallest absolute Gasteiger partial charge is 0.240 e. The van der Waals surface area contributed by atoms with Crippen LogP contribution in [-0.2, 0) is 23.2 Å². The molecule has 3 heterocycles. The molecule has 0 radical (unpaired) electrons. The number of nitrogens with zero attached hydrogens (tertiary/aromatic N) is 5. The molecule has 2 aromatic rings. The highest BCUT2D eigenvalue weighted by Crippen LogP contribution is 2.21. The lowest BCUT2D eigenvalue weighted by atomic mass is 10.0. The van der Waals surface area contributed by atoms with Gasteiger partial charge >= 0.3 is 0 Å². The van der Waals surface area contributed by atoms with E-state index >= 15 is 0 Å². The summed E-state index contributed by atoms with van der Waals surface area (Å²) in [6, 6.07) is 0. The van der Waals surface area contributed by atoms with Crippen LogP contribution in [0.5, 0.6) is 0 Å². The van der Waals surface area contributed by atoms with Gasteiger partial charge in [0.15, 0.2) is 0 Å². The topological polar surface area (TPSA) is 85.2 Å². The van der Waals surface area contributed by atoms with Crippen LogP contribution in [0.1, 0.15) is 17.0 Å². The van der Waals surface area contributed by atoms with Gasteiger partial charge in [0.25, 0.3) is 0 Å². The van der Waals surface area contributed by atoms with Gasteiger partial charge in [0.05, 0.1) is 12.7 Å². The van der Waals surface area contributed by atoms with Crippen molar-refractivity contribution in [3.63, 3.8) is 0 Å². The molecule has 0 fully saturated rings. The predicted octanol–water partition coefficient (Wildman–Crippen LogP) is 1.15. The Hall–Kier alpha value is -2.10. The molecule has 0 unspecified atom stereocenters. The van der Waals surface area contributed by atoms with Crippen LogP contribution in [0, 0.1) is 0 Å². The molecule has 24 heavy (non-hydrogen) atoms. The number of carbonyl (C=O) groups excluding carboxylic acids is 1. The summed E-state index contributed by atoms with van der Waals surface area (Å²) in [4.78, 5) is 14.2. The van der Waals surface area contributed by atoms with Gasteiger partial charge in [0, 0.05) is 39.0 Å². The molecule has 0 saturated carbocycles. The van der Waals surface area contributed by atoms with E-state index in [0.29, 0.717) is 18.3 Å². The first-order valence-corrected chi connectivity index (χ1v) is 8.47. The molecule has 9 heteroatoms. The zero-order valence-corrected chi connectivity index (χ0v) is 14.5. The van der Waals surface area contributed by atoms with Gasteiger partial charge in [0.1, 0.15) is 11.6 Å². The van der Waals surface area contributed by atoms with Gasteiger partial charge < -0.3 is 4.74 Å². The normalized spacial score (nSPS) is 15.3. The van der Waals surface area contributed by atoms with Crippen molar-refractivity contribution >= 4 is 27.9 Å². The molecular formula is C15H20N6O2S. The molecular weight excluding hydrogens is 328 g/mol. The van der Waals surface area contributed by atoms with E-state index in [4.69, 9.17) is 4.74 Å². The zero-order valence-electron chi connectivity index (χ0n) is 13.7. The maximum atomic E-state index is 12.1. The highest BCUT2D eigenvalue weighted by molar-refractivity contribution is 7.15. The summed E-state index contributed by atoms with van der Waals surface area (Å²) >= 11 is 1.33. The molecule has 1 aliphatic heterocycles. The third kappa shape index (κ3) is 4.25. The molecule has 3 rings (SSSR count). The Morgan fingerprint density at radius 2 is 2.33 bits per heavy atom. The monoisotopic (exact) mass is 348 g/mol. The van der Waals surface area contributed by atoms with Gasteiger partial charge in [-0.25, -0.2) is 0 Å².